The van der Waals surface area contributed by atoms with E-state index in [9.17, 15) is 0 Å². The number of nitrogens with one attached hydrogen (secondary N) is 2. The number of methoxy groups -OCH3 is 3. The number of hydrogen-bond donors (Lipinski definition) is 2. The summed E-state index contributed by atoms with van der Waals surface area (Å²) in [5, 5.41) is 6.75. The van der Waals surface area contributed by atoms with Gasteiger partial charge in [0, 0.05) is 25.6 Å². The highest BCUT2D eigenvalue weighted by Gasteiger charge is 2.21. The standard InChI is InChI=1S/C22H31N3O3.HI/c1-22(2,17-8-10-18(26-4)11-9-17)15-25-21(23-3)24-14-16-7-12-19(27-5)20(13-16)28-6;/h7-13H,14-15H2,1-6H3,(H2,23,24,25);1H. The van der Waals surface area contributed by atoms with Crippen LogP contribution in [0.25, 0.3) is 0 Å². The largest absolute Gasteiger partial charge is 0.497 e. The smallest absolute Gasteiger partial charge is 0.191 e. The Morgan fingerprint density at radius 1 is 0.897 bits per heavy atom. The lowest BCUT2D eigenvalue weighted by Crippen LogP contribution is -2.43. The first-order valence-corrected chi connectivity index (χ1v) is 9.23. The molecule has 0 saturated heterocycles. The van der Waals surface area contributed by atoms with Gasteiger partial charge in [0.05, 0.1) is 21.3 Å². The van der Waals surface area contributed by atoms with Crippen LogP contribution in [0.15, 0.2) is 47.5 Å². The van der Waals surface area contributed by atoms with Crippen molar-refractivity contribution in [1.82, 2.24) is 10.6 Å². The first-order valence-electron chi connectivity index (χ1n) is 9.23. The van der Waals surface area contributed by atoms with Gasteiger partial charge >= 0.3 is 0 Å². The molecule has 0 bridgehead atoms. The molecule has 0 aliphatic heterocycles. The molecule has 160 valence electrons. The molecule has 0 aliphatic carbocycles. The van der Waals surface area contributed by atoms with Crippen LogP contribution in [0.3, 0.4) is 0 Å². The lowest BCUT2D eigenvalue weighted by Gasteiger charge is -2.27. The topological polar surface area (TPSA) is 64.1 Å². The van der Waals surface area contributed by atoms with Gasteiger partial charge in [-0.2, -0.15) is 0 Å². The second kappa shape index (κ2) is 11.7. The van der Waals surface area contributed by atoms with Gasteiger partial charge in [-0.3, -0.25) is 4.99 Å². The Morgan fingerprint density at radius 3 is 2.10 bits per heavy atom. The Kier molecular flexibility index (Phi) is 10.1. The number of guanidine groups is 1. The molecule has 0 atom stereocenters. The fourth-order valence-corrected chi connectivity index (χ4v) is 2.85. The molecular weight excluding hydrogens is 481 g/mol. The van der Waals surface area contributed by atoms with Gasteiger partial charge in [0.15, 0.2) is 17.5 Å². The van der Waals surface area contributed by atoms with E-state index in [1.807, 2.05) is 30.3 Å². The molecule has 29 heavy (non-hydrogen) atoms. The fourth-order valence-electron chi connectivity index (χ4n) is 2.85. The summed E-state index contributed by atoms with van der Waals surface area (Å²) in [4.78, 5) is 4.32. The van der Waals surface area contributed by atoms with Crippen molar-refractivity contribution in [2.45, 2.75) is 25.8 Å². The highest BCUT2D eigenvalue weighted by Crippen LogP contribution is 2.27. The summed E-state index contributed by atoms with van der Waals surface area (Å²) in [6, 6.07) is 14.0. The maximum absolute atomic E-state index is 5.36. The molecule has 2 aromatic rings. The summed E-state index contributed by atoms with van der Waals surface area (Å²) in [5.41, 5.74) is 2.25. The molecule has 0 heterocycles. The van der Waals surface area contributed by atoms with Gasteiger partial charge in [-0.05, 0) is 35.4 Å². The van der Waals surface area contributed by atoms with Crippen molar-refractivity contribution >= 4 is 29.9 Å². The third-order valence-electron chi connectivity index (χ3n) is 4.70. The summed E-state index contributed by atoms with van der Waals surface area (Å²) in [6.45, 7) is 5.76. The van der Waals surface area contributed by atoms with Crippen LogP contribution in [-0.2, 0) is 12.0 Å². The maximum atomic E-state index is 5.36. The molecule has 0 fully saturated rings. The Labute approximate surface area is 191 Å². The monoisotopic (exact) mass is 513 g/mol. The van der Waals surface area contributed by atoms with Crippen molar-refractivity contribution in [3.05, 3.63) is 53.6 Å². The Balaban J connectivity index is 0.00000420. The maximum Gasteiger partial charge on any atom is 0.191 e. The zero-order valence-corrected chi connectivity index (χ0v) is 20.4. The second-order valence-corrected chi connectivity index (χ2v) is 7.08. The van der Waals surface area contributed by atoms with Crippen LogP contribution in [0.4, 0.5) is 0 Å². The Hall–Kier alpha value is -2.16. The number of aliphatic imine (C=N–C) groups is 1. The van der Waals surface area contributed by atoms with Crippen LogP contribution < -0.4 is 24.8 Å². The molecule has 7 heteroatoms. The SMILES string of the molecule is CN=C(NCc1ccc(OC)c(OC)c1)NCC(C)(C)c1ccc(OC)cc1.I. The van der Waals surface area contributed by atoms with Crippen LogP contribution in [0.1, 0.15) is 25.0 Å². The van der Waals surface area contributed by atoms with Gasteiger partial charge in [-0.1, -0.05) is 32.0 Å². The van der Waals surface area contributed by atoms with Crippen LogP contribution in [0.2, 0.25) is 0 Å². The Morgan fingerprint density at radius 2 is 1.55 bits per heavy atom. The van der Waals surface area contributed by atoms with E-state index in [1.165, 1.54) is 5.56 Å². The van der Waals surface area contributed by atoms with E-state index >= 15 is 0 Å². The van der Waals surface area contributed by atoms with Crippen molar-refractivity contribution in [1.29, 1.82) is 0 Å². The summed E-state index contributed by atoms with van der Waals surface area (Å²) >= 11 is 0. The van der Waals surface area contributed by atoms with E-state index in [0.29, 0.717) is 12.3 Å². The van der Waals surface area contributed by atoms with Crippen molar-refractivity contribution in [2.24, 2.45) is 4.99 Å². The van der Waals surface area contributed by atoms with Crippen LogP contribution in [-0.4, -0.2) is 40.9 Å². The predicted molar refractivity (Wildman–Crippen MR) is 129 cm³/mol. The molecule has 0 aromatic heterocycles. The third-order valence-corrected chi connectivity index (χ3v) is 4.70. The molecule has 2 N–H and O–H groups in total. The number of nitrogens with zero attached hydrogens (tertiary/aromatic N) is 1. The van der Waals surface area contributed by atoms with Gasteiger partial charge in [-0.15, -0.1) is 24.0 Å². The van der Waals surface area contributed by atoms with E-state index in [0.717, 1.165) is 29.6 Å². The fraction of sp³-hybridized carbons (Fsp3) is 0.409. The van der Waals surface area contributed by atoms with Crippen molar-refractivity contribution < 1.29 is 14.2 Å². The molecule has 2 rings (SSSR count). The summed E-state index contributed by atoms with van der Waals surface area (Å²) in [6.07, 6.45) is 0. The lowest BCUT2D eigenvalue weighted by molar-refractivity contribution is 0.354. The summed E-state index contributed by atoms with van der Waals surface area (Å²) in [5.74, 6) is 3.04. The second-order valence-electron chi connectivity index (χ2n) is 7.08. The average molecular weight is 513 g/mol. The van der Waals surface area contributed by atoms with Gasteiger partial charge < -0.3 is 24.8 Å². The molecule has 0 aliphatic rings. The van der Waals surface area contributed by atoms with Crippen molar-refractivity contribution in [3.63, 3.8) is 0 Å². The van der Waals surface area contributed by atoms with Crippen molar-refractivity contribution in [2.75, 3.05) is 34.9 Å². The van der Waals surface area contributed by atoms with Crippen LogP contribution in [0.5, 0.6) is 17.2 Å². The Bertz CT molecular complexity index is 792. The van der Waals surface area contributed by atoms with E-state index in [2.05, 4.69) is 41.6 Å². The summed E-state index contributed by atoms with van der Waals surface area (Å²) < 4.78 is 15.9. The van der Waals surface area contributed by atoms with Gasteiger partial charge in [0.25, 0.3) is 0 Å². The van der Waals surface area contributed by atoms with E-state index in [1.54, 1.807) is 28.4 Å². The molecule has 0 unspecified atom stereocenters. The van der Waals surface area contributed by atoms with Gasteiger partial charge in [0.1, 0.15) is 5.75 Å². The highest BCUT2D eigenvalue weighted by molar-refractivity contribution is 14.0. The minimum Gasteiger partial charge on any atom is -0.497 e. The van der Waals surface area contributed by atoms with Gasteiger partial charge in [-0.25, -0.2) is 0 Å². The van der Waals surface area contributed by atoms with E-state index in [4.69, 9.17) is 14.2 Å². The van der Waals surface area contributed by atoms with Crippen LogP contribution >= 0.6 is 24.0 Å². The molecule has 0 amide bonds. The number of rotatable bonds is 8. The van der Waals surface area contributed by atoms with Gasteiger partial charge in [0.2, 0.25) is 0 Å². The first kappa shape index (κ1) is 24.9. The van der Waals surface area contributed by atoms with Crippen molar-refractivity contribution in [3.8, 4) is 17.2 Å². The number of halogens is 1. The molecule has 0 radical (unpaired) electrons. The zero-order valence-electron chi connectivity index (χ0n) is 18.0. The number of benzene rings is 2. The minimum absolute atomic E-state index is 0. The zero-order chi connectivity index (χ0) is 20.6. The predicted octanol–water partition coefficient (Wildman–Crippen LogP) is 3.97. The quantitative estimate of drug-likeness (QED) is 0.318. The molecule has 0 spiro atoms. The number of hydrogen-bond acceptors (Lipinski definition) is 4. The molecule has 6 nitrogen and oxygen atoms in total. The molecule has 2 aromatic carbocycles. The van der Waals surface area contributed by atoms with E-state index < -0.39 is 0 Å². The lowest BCUT2D eigenvalue weighted by atomic mass is 9.84. The van der Waals surface area contributed by atoms with E-state index in [-0.39, 0.29) is 29.4 Å². The normalized spacial score (nSPS) is 11.3. The average Bonchev–Trinajstić information content (AvgIpc) is 2.73. The third kappa shape index (κ3) is 6.99. The number of ether oxygens (including phenoxy) is 3. The highest BCUT2D eigenvalue weighted by atomic mass is 127. The molecule has 0 saturated carbocycles. The van der Waals surface area contributed by atoms with Crippen LogP contribution in [0, 0.1) is 0 Å². The summed E-state index contributed by atoms with van der Waals surface area (Å²) in [7, 11) is 6.71. The first-order chi connectivity index (χ1) is 13.4. The molecular formula is C22H32IN3O3. The minimum atomic E-state index is -0.0623.